The van der Waals surface area contributed by atoms with E-state index in [4.69, 9.17) is 0 Å². The molecule has 1 rings (SSSR count). The van der Waals surface area contributed by atoms with Crippen molar-refractivity contribution < 1.29 is 9.59 Å². The molecule has 0 atom stereocenters. The molecule has 3 N–H and O–H groups in total. The van der Waals surface area contributed by atoms with Crippen molar-refractivity contribution in [3.05, 3.63) is 36.7 Å². The minimum atomic E-state index is -0.230. The summed E-state index contributed by atoms with van der Waals surface area (Å²) in [5.41, 5.74) is 7.19. The number of carbonyl (C=O) groups excluding carboxylic acids is 2. The van der Waals surface area contributed by atoms with Crippen molar-refractivity contribution in [1.29, 1.82) is 0 Å². The summed E-state index contributed by atoms with van der Waals surface area (Å²) < 4.78 is 0. The molecule has 0 fully saturated rings. The zero-order valence-electron chi connectivity index (χ0n) is 14.4. The number of unbranched alkanes of at least 4 members (excludes halogenated alkanes) is 3. The van der Waals surface area contributed by atoms with Gasteiger partial charge in [-0.25, -0.2) is 5.43 Å². The molecule has 0 saturated heterocycles. The second-order valence-corrected chi connectivity index (χ2v) is 5.58. The molecule has 0 aliphatic carbocycles. The lowest BCUT2D eigenvalue weighted by Crippen LogP contribution is -2.37. The second-order valence-electron chi connectivity index (χ2n) is 5.58. The number of hydrazine groups is 1. The van der Waals surface area contributed by atoms with E-state index in [1.54, 1.807) is 12.3 Å². The fourth-order valence-corrected chi connectivity index (χ4v) is 2.21. The monoisotopic (exact) mass is 332 g/mol. The van der Waals surface area contributed by atoms with Gasteiger partial charge in [0, 0.05) is 19.2 Å². The van der Waals surface area contributed by atoms with Gasteiger partial charge in [0.1, 0.15) is 0 Å². The van der Waals surface area contributed by atoms with Crippen molar-refractivity contribution in [2.45, 2.75) is 51.9 Å². The number of rotatable bonds is 12. The lowest BCUT2D eigenvalue weighted by Gasteiger charge is -2.09. The van der Waals surface area contributed by atoms with Gasteiger partial charge in [-0.1, -0.05) is 26.3 Å². The molecule has 0 radical (unpaired) electrons. The van der Waals surface area contributed by atoms with E-state index in [9.17, 15) is 9.59 Å². The van der Waals surface area contributed by atoms with Crippen LogP contribution in [0.15, 0.2) is 31.0 Å². The van der Waals surface area contributed by atoms with Crippen molar-refractivity contribution in [2.24, 2.45) is 0 Å². The quantitative estimate of drug-likeness (QED) is 0.312. The van der Waals surface area contributed by atoms with Crippen molar-refractivity contribution >= 4 is 17.5 Å². The molecule has 0 unspecified atom stereocenters. The Morgan fingerprint density at radius 2 is 2.04 bits per heavy atom. The van der Waals surface area contributed by atoms with E-state index in [0.29, 0.717) is 6.42 Å². The molecule has 0 aliphatic heterocycles. The number of aromatic nitrogens is 1. The number of nitrogens with one attached hydrogen (secondary N) is 3. The number of hydrogen-bond donors (Lipinski definition) is 3. The first-order valence-electron chi connectivity index (χ1n) is 8.56. The van der Waals surface area contributed by atoms with E-state index in [0.717, 1.165) is 56.5 Å². The Hall–Kier alpha value is -2.21. The molecule has 0 spiro atoms. The van der Waals surface area contributed by atoms with E-state index in [2.05, 4.69) is 34.7 Å². The van der Waals surface area contributed by atoms with E-state index in [-0.39, 0.29) is 11.8 Å². The fraction of sp³-hybridized carbons (Fsp3) is 0.500. The number of aryl methyl sites for hydroxylation is 1. The number of anilines is 1. The molecule has 0 saturated carbocycles. The average molecular weight is 332 g/mol. The molecular formula is C18H28N4O2. The molecule has 1 aromatic heterocycles. The van der Waals surface area contributed by atoms with Gasteiger partial charge in [-0.3, -0.25) is 20.0 Å². The van der Waals surface area contributed by atoms with Crippen LogP contribution in [0.3, 0.4) is 0 Å². The van der Waals surface area contributed by atoms with Crippen LogP contribution in [0, 0.1) is 0 Å². The zero-order valence-corrected chi connectivity index (χ0v) is 14.4. The molecule has 2 amide bonds. The summed E-state index contributed by atoms with van der Waals surface area (Å²) in [4.78, 5) is 27.3. The fourth-order valence-electron chi connectivity index (χ4n) is 2.21. The summed E-state index contributed by atoms with van der Waals surface area (Å²) >= 11 is 0. The van der Waals surface area contributed by atoms with Crippen LogP contribution in [-0.4, -0.2) is 23.3 Å². The highest BCUT2D eigenvalue weighted by Crippen LogP contribution is 2.16. The van der Waals surface area contributed by atoms with Crippen LogP contribution in [0.4, 0.5) is 5.69 Å². The number of nitrogens with zero attached hydrogens (tertiary/aromatic N) is 1. The van der Waals surface area contributed by atoms with E-state index in [1.807, 2.05) is 6.07 Å². The topological polar surface area (TPSA) is 83.1 Å². The molecule has 132 valence electrons. The predicted octanol–water partition coefficient (Wildman–Crippen LogP) is 2.73. The molecule has 1 heterocycles. The number of carbonyl (C=O) groups is 2. The summed E-state index contributed by atoms with van der Waals surface area (Å²) in [7, 11) is 0. The highest BCUT2D eigenvalue weighted by Gasteiger charge is 2.05. The van der Waals surface area contributed by atoms with Gasteiger partial charge in [0.25, 0.3) is 0 Å². The van der Waals surface area contributed by atoms with Gasteiger partial charge < -0.3 is 5.32 Å². The number of hydrogen-bond acceptors (Lipinski definition) is 4. The minimum absolute atomic E-state index is 0.0441. The van der Waals surface area contributed by atoms with Crippen molar-refractivity contribution in [3.8, 4) is 0 Å². The molecule has 6 nitrogen and oxygen atoms in total. The summed E-state index contributed by atoms with van der Waals surface area (Å²) in [6.45, 7) is 6.29. The largest absolute Gasteiger partial charge is 0.321 e. The van der Waals surface area contributed by atoms with Crippen LogP contribution in [0.25, 0.3) is 0 Å². The van der Waals surface area contributed by atoms with Crippen molar-refractivity contribution in [1.82, 2.24) is 15.8 Å². The van der Waals surface area contributed by atoms with Crippen LogP contribution >= 0.6 is 0 Å². The van der Waals surface area contributed by atoms with E-state index < -0.39 is 0 Å². The third kappa shape index (κ3) is 8.43. The third-order valence-corrected chi connectivity index (χ3v) is 3.50. The maximum absolute atomic E-state index is 11.5. The molecule has 0 aromatic carbocycles. The van der Waals surface area contributed by atoms with Crippen LogP contribution in [-0.2, 0) is 16.0 Å². The van der Waals surface area contributed by atoms with Crippen molar-refractivity contribution in [3.63, 3.8) is 0 Å². The standard InChI is InChI=1S/C18H28N4O2/c1-3-13-20-22-18(24)12-8-6-5-7-10-15-16(11-9-14-19-15)21-17(23)4-2/h4,9,11,14,20H,2-3,5-8,10,12-13H2,1H3,(H,21,23)(H,22,24). The van der Waals surface area contributed by atoms with Crippen molar-refractivity contribution in [2.75, 3.05) is 11.9 Å². The number of pyridine rings is 1. The molecule has 1 aromatic rings. The maximum Gasteiger partial charge on any atom is 0.247 e. The van der Waals surface area contributed by atoms with Gasteiger partial charge in [0.05, 0.1) is 11.4 Å². The van der Waals surface area contributed by atoms with Gasteiger partial charge in [-0.15, -0.1) is 0 Å². The first kappa shape index (κ1) is 19.8. The first-order chi connectivity index (χ1) is 11.7. The minimum Gasteiger partial charge on any atom is -0.321 e. The van der Waals surface area contributed by atoms with Gasteiger partial charge >= 0.3 is 0 Å². The Morgan fingerprint density at radius 3 is 2.79 bits per heavy atom. The van der Waals surface area contributed by atoms with Gasteiger partial charge in [-0.05, 0) is 43.9 Å². The molecule has 0 aliphatic rings. The van der Waals surface area contributed by atoms with Crippen LogP contribution in [0.5, 0.6) is 0 Å². The lowest BCUT2D eigenvalue weighted by molar-refractivity contribution is -0.122. The SMILES string of the molecule is C=CC(=O)Nc1cccnc1CCCCCCC(=O)NNCCC. The first-order valence-corrected chi connectivity index (χ1v) is 8.56. The van der Waals surface area contributed by atoms with Crippen LogP contribution in [0.2, 0.25) is 0 Å². The smallest absolute Gasteiger partial charge is 0.247 e. The van der Waals surface area contributed by atoms with Gasteiger partial charge in [0.15, 0.2) is 0 Å². The Bertz CT molecular complexity index is 532. The molecule has 24 heavy (non-hydrogen) atoms. The Morgan fingerprint density at radius 1 is 1.25 bits per heavy atom. The second kappa shape index (κ2) is 12.2. The van der Waals surface area contributed by atoms with Gasteiger partial charge in [-0.2, -0.15) is 0 Å². The highest BCUT2D eigenvalue weighted by molar-refractivity contribution is 5.99. The number of amides is 2. The predicted molar refractivity (Wildman–Crippen MR) is 96.3 cm³/mol. The van der Waals surface area contributed by atoms with E-state index in [1.165, 1.54) is 6.08 Å². The molecular weight excluding hydrogens is 304 g/mol. The summed E-state index contributed by atoms with van der Waals surface area (Å²) in [5.74, 6) is -0.186. The Balaban J connectivity index is 2.20. The van der Waals surface area contributed by atoms with Crippen LogP contribution < -0.4 is 16.2 Å². The van der Waals surface area contributed by atoms with E-state index >= 15 is 0 Å². The lowest BCUT2D eigenvalue weighted by atomic mass is 10.1. The summed E-state index contributed by atoms with van der Waals surface area (Å²) in [6, 6.07) is 3.64. The maximum atomic E-state index is 11.5. The average Bonchev–Trinajstić information content (AvgIpc) is 2.59. The Labute approximate surface area is 144 Å². The van der Waals surface area contributed by atoms with Crippen LogP contribution in [0.1, 0.15) is 51.1 Å². The zero-order chi connectivity index (χ0) is 17.6. The highest BCUT2D eigenvalue weighted by atomic mass is 16.2. The molecule has 6 heteroatoms. The summed E-state index contributed by atoms with van der Waals surface area (Å²) in [6.07, 6.45) is 9.20. The Kier molecular flexibility index (Phi) is 10.1. The summed E-state index contributed by atoms with van der Waals surface area (Å²) in [5, 5.41) is 2.77. The van der Waals surface area contributed by atoms with Gasteiger partial charge in [0.2, 0.25) is 11.8 Å². The normalized spacial score (nSPS) is 10.2. The third-order valence-electron chi connectivity index (χ3n) is 3.50. The molecule has 0 bridgehead atoms.